The van der Waals surface area contributed by atoms with Gasteiger partial charge in [-0.2, -0.15) is 0 Å². The molecular weight excluding hydrogens is 146 g/mol. The van der Waals surface area contributed by atoms with Gasteiger partial charge >= 0.3 is 0 Å². The molecule has 0 amide bonds. The predicted molar refractivity (Wildman–Crippen MR) is 54.3 cm³/mol. The minimum absolute atomic E-state index is 1.02. The highest BCUT2D eigenvalue weighted by molar-refractivity contribution is 5.74. The lowest BCUT2D eigenvalue weighted by Gasteiger charge is -2.01. The smallest absolute Gasteiger partial charge is 0.0661 e. The fraction of sp³-hybridized carbons (Fsp3) is 0.182. The van der Waals surface area contributed by atoms with Crippen molar-refractivity contribution in [2.75, 3.05) is 0 Å². The molecule has 0 aliphatic carbocycles. The van der Waals surface area contributed by atoms with Crippen LogP contribution in [0.4, 0.5) is 5.69 Å². The standard InChI is InChI=1S/C11H13N/c1-4-8-12-11-7-5-6-9(2)10(11)3/h4-8H,1H2,2-3H3. The van der Waals surface area contributed by atoms with E-state index in [1.807, 2.05) is 12.1 Å². The molecule has 0 radical (unpaired) electrons. The Labute approximate surface area is 73.5 Å². The van der Waals surface area contributed by atoms with Crippen LogP contribution in [0.1, 0.15) is 11.1 Å². The molecule has 12 heavy (non-hydrogen) atoms. The summed E-state index contributed by atoms with van der Waals surface area (Å²) in [4.78, 5) is 4.24. The Balaban J connectivity index is 3.07. The molecule has 1 heteroatoms. The van der Waals surface area contributed by atoms with E-state index < -0.39 is 0 Å². The van der Waals surface area contributed by atoms with E-state index in [1.165, 1.54) is 11.1 Å². The highest BCUT2D eigenvalue weighted by Gasteiger charge is 1.95. The molecule has 1 aromatic carbocycles. The van der Waals surface area contributed by atoms with Gasteiger partial charge in [0.05, 0.1) is 5.69 Å². The fourth-order valence-corrected chi connectivity index (χ4v) is 1.01. The molecule has 0 bridgehead atoms. The second kappa shape index (κ2) is 3.86. The zero-order valence-corrected chi connectivity index (χ0v) is 7.54. The van der Waals surface area contributed by atoms with E-state index in [0.717, 1.165) is 5.69 Å². The van der Waals surface area contributed by atoms with Gasteiger partial charge in [0.1, 0.15) is 0 Å². The van der Waals surface area contributed by atoms with Gasteiger partial charge in [-0.25, -0.2) is 0 Å². The molecule has 62 valence electrons. The monoisotopic (exact) mass is 159 g/mol. The van der Waals surface area contributed by atoms with Crippen LogP contribution in [0.5, 0.6) is 0 Å². The van der Waals surface area contributed by atoms with E-state index in [0.29, 0.717) is 0 Å². The van der Waals surface area contributed by atoms with Crippen LogP contribution in [0, 0.1) is 13.8 Å². The van der Waals surface area contributed by atoms with Crippen LogP contribution in [0.25, 0.3) is 0 Å². The van der Waals surface area contributed by atoms with Crippen molar-refractivity contribution in [3.8, 4) is 0 Å². The van der Waals surface area contributed by atoms with Gasteiger partial charge in [-0.15, -0.1) is 0 Å². The lowest BCUT2D eigenvalue weighted by molar-refractivity contribution is 1.31. The largest absolute Gasteiger partial charge is 0.257 e. The molecule has 0 aromatic heterocycles. The Kier molecular flexibility index (Phi) is 2.81. The molecule has 0 saturated heterocycles. The van der Waals surface area contributed by atoms with Crippen molar-refractivity contribution < 1.29 is 0 Å². The number of benzene rings is 1. The molecule has 0 heterocycles. The van der Waals surface area contributed by atoms with Gasteiger partial charge in [0, 0.05) is 6.21 Å². The molecule has 0 fully saturated rings. The van der Waals surface area contributed by atoms with E-state index in [-0.39, 0.29) is 0 Å². The Morgan fingerprint density at radius 2 is 2.08 bits per heavy atom. The molecule has 0 atom stereocenters. The zero-order valence-electron chi connectivity index (χ0n) is 7.54. The third-order valence-corrected chi connectivity index (χ3v) is 1.90. The summed E-state index contributed by atoms with van der Waals surface area (Å²) >= 11 is 0. The van der Waals surface area contributed by atoms with Crippen molar-refractivity contribution in [1.29, 1.82) is 0 Å². The SMILES string of the molecule is C=CC=Nc1cccc(C)c1C. The van der Waals surface area contributed by atoms with E-state index in [2.05, 4.69) is 31.5 Å². The van der Waals surface area contributed by atoms with Crippen LogP contribution in [0.3, 0.4) is 0 Å². The van der Waals surface area contributed by atoms with E-state index in [9.17, 15) is 0 Å². The minimum Gasteiger partial charge on any atom is -0.257 e. The Morgan fingerprint density at radius 1 is 1.33 bits per heavy atom. The predicted octanol–water partition coefficient (Wildman–Crippen LogP) is 3.19. The van der Waals surface area contributed by atoms with E-state index >= 15 is 0 Å². The number of aryl methyl sites for hydroxylation is 1. The van der Waals surface area contributed by atoms with Gasteiger partial charge in [-0.1, -0.05) is 24.8 Å². The summed E-state index contributed by atoms with van der Waals surface area (Å²) in [6.07, 6.45) is 3.39. The summed E-state index contributed by atoms with van der Waals surface area (Å²) in [5, 5.41) is 0. The first-order valence-corrected chi connectivity index (χ1v) is 3.97. The van der Waals surface area contributed by atoms with Crippen molar-refractivity contribution in [2.24, 2.45) is 4.99 Å². The van der Waals surface area contributed by atoms with Gasteiger partial charge < -0.3 is 0 Å². The number of nitrogens with zero attached hydrogens (tertiary/aromatic N) is 1. The zero-order chi connectivity index (χ0) is 8.97. The highest BCUT2D eigenvalue weighted by Crippen LogP contribution is 2.20. The first-order valence-electron chi connectivity index (χ1n) is 3.97. The van der Waals surface area contributed by atoms with E-state index in [1.54, 1.807) is 12.3 Å². The highest BCUT2D eigenvalue weighted by atomic mass is 14.7. The van der Waals surface area contributed by atoms with Gasteiger partial charge in [-0.05, 0) is 31.0 Å². The number of aliphatic imine (C=N–C) groups is 1. The van der Waals surface area contributed by atoms with Crippen molar-refractivity contribution in [2.45, 2.75) is 13.8 Å². The molecule has 0 N–H and O–H groups in total. The number of hydrogen-bond acceptors (Lipinski definition) is 1. The maximum absolute atomic E-state index is 4.24. The lowest BCUT2D eigenvalue weighted by atomic mass is 10.1. The van der Waals surface area contributed by atoms with Gasteiger partial charge in [0.25, 0.3) is 0 Å². The van der Waals surface area contributed by atoms with Crippen LogP contribution in [0.2, 0.25) is 0 Å². The van der Waals surface area contributed by atoms with Crippen LogP contribution in [-0.4, -0.2) is 6.21 Å². The molecule has 0 saturated carbocycles. The third-order valence-electron chi connectivity index (χ3n) is 1.90. The molecule has 1 aromatic rings. The quantitative estimate of drug-likeness (QED) is 0.588. The molecule has 0 aliphatic rings. The lowest BCUT2D eigenvalue weighted by Crippen LogP contribution is -1.79. The minimum atomic E-state index is 1.02. The van der Waals surface area contributed by atoms with Crippen LogP contribution in [-0.2, 0) is 0 Å². The molecule has 0 unspecified atom stereocenters. The molecule has 1 nitrogen and oxygen atoms in total. The first-order chi connectivity index (χ1) is 5.75. The average molecular weight is 159 g/mol. The maximum Gasteiger partial charge on any atom is 0.0661 e. The molecular formula is C11H13N. The molecule has 1 rings (SSSR count). The van der Waals surface area contributed by atoms with Crippen LogP contribution >= 0.6 is 0 Å². The van der Waals surface area contributed by atoms with Crippen molar-refractivity contribution in [3.05, 3.63) is 42.0 Å². The van der Waals surface area contributed by atoms with Crippen molar-refractivity contribution in [1.82, 2.24) is 0 Å². The van der Waals surface area contributed by atoms with Gasteiger partial charge in [0.2, 0.25) is 0 Å². The number of allylic oxidation sites excluding steroid dienone is 1. The average Bonchev–Trinajstić information content (AvgIpc) is 2.08. The van der Waals surface area contributed by atoms with Crippen LogP contribution < -0.4 is 0 Å². The second-order valence-electron chi connectivity index (χ2n) is 2.73. The Morgan fingerprint density at radius 3 is 2.75 bits per heavy atom. The normalized spacial score (nSPS) is 10.5. The maximum atomic E-state index is 4.24. The topological polar surface area (TPSA) is 12.4 Å². The second-order valence-corrected chi connectivity index (χ2v) is 2.73. The van der Waals surface area contributed by atoms with Gasteiger partial charge in [-0.3, -0.25) is 4.99 Å². The van der Waals surface area contributed by atoms with Gasteiger partial charge in [0.15, 0.2) is 0 Å². The van der Waals surface area contributed by atoms with Crippen molar-refractivity contribution >= 4 is 11.9 Å². The number of hydrogen-bond donors (Lipinski definition) is 0. The summed E-state index contributed by atoms with van der Waals surface area (Å²) in [6, 6.07) is 6.10. The summed E-state index contributed by atoms with van der Waals surface area (Å²) in [5.41, 5.74) is 3.53. The fourth-order valence-electron chi connectivity index (χ4n) is 1.01. The first kappa shape index (κ1) is 8.72. The third kappa shape index (κ3) is 1.82. The van der Waals surface area contributed by atoms with Crippen LogP contribution in [0.15, 0.2) is 35.8 Å². The Hall–Kier alpha value is -1.37. The summed E-state index contributed by atoms with van der Waals surface area (Å²) in [5.74, 6) is 0. The summed E-state index contributed by atoms with van der Waals surface area (Å²) in [7, 11) is 0. The van der Waals surface area contributed by atoms with E-state index in [4.69, 9.17) is 0 Å². The van der Waals surface area contributed by atoms with Crippen molar-refractivity contribution in [3.63, 3.8) is 0 Å². The number of rotatable bonds is 2. The Bertz CT molecular complexity index is 311. The molecule has 0 spiro atoms. The molecule has 0 aliphatic heterocycles. The summed E-state index contributed by atoms with van der Waals surface area (Å²) < 4.78 is 0. The summed E-state index contributed by atoms with van der Waals surface area (Å²) in [6.45, 7) is 7.74.